The van der Waals surface area contributed by atoms with Crippen LogP contribution in [0.5, 0.6) is 0 Å². The lowest BCUT2D eigenvalue weighted by atomic mass is 9.71. The number of allylic oxidation sites excluding steroid dienone is 4. The molecular formula is C15H11F3N2O. The van der Waals surface area contributed by atoms with Crippen LogP contribution in [0.1, 0.15) is 11.1 Å². The summed E-state index contributed by atoms with van der Waals surface area (Å²) in [5.74, 6) is 0. The number of hydrogen-bond acceptors (Lipinski definition) is 3. The zero-order valence-corrected chi connectivity index (χ0v) is 10.7. The highest BCUT2D eigenvalue weighted by Crippen LogP contribution is 2.44. The van der Waals surface area contributed by atoms with E-state index >= 15 is 0 Å². The van der Waals surface area contributed by atoms with Crippen LogP contribution in [-0.2, 0) is 16.4 Å². The van der Waals surface area contributed by atoms with Crippen LogP contribution in [0.25, 0.3) is 0 Å². The summed E-state index contributed by atoms with van der Waals surface area (Å²) in [4.78, 5) is 11.8. The minimum Gasteiger partial charge on any atom is -0.308 e. The molecule has 2 N–H and O–H groups in total. The third-order valence-corrected chi connectivity index (χ3v) is 3.65. The van der Waals surface area contributed by atoms with E-state index in [0.717, 1.165) is 6.07 Å². The van der Waals surface area contributed by atoms with Crippen molar-refractivity contribution in [3.05, 3.63) is 71.1 Å². The summed E-state index contributed by atoms with van der Waals surface area (Å²) in [6, 6.07) is 5.14. The van der Waals surface area contributed by atoms with Crippen molar-refractivity contribution in [3.8, 4) is 0 Å². The van der Waals surface area contributed by atoms with Crippen LogP contribution in [-0.4, -0.2) is 6.29 Å². The first kappa shape index (κ1) is 13.5. The van der Waals surface area contributed by atoms with Crippen molar-refractivity contribution in [1.82, 2.24) is 10.9 Å². The topological polar surface area (TPSA) is 41.1 Å². The van der Waals surface area contributed by atoms with Crippen LogP contribution in [0.3, 0.4) is 0 Å². The second-order valence-electron chi connectivity index (χ2n) is 4.80. The average molecular weight is 292 g/mol. The largest absolute Gasteiger partial charge is 0.416 e. The van der Waals surface area contributed by atoms with Gasteiger partial charge < -0.3 is 15.6 Å². The van der Waals surface area contributed by atoms with Crippen LogP contribution in [0.4, 0.5) is 13.2 Å². The molecule has 3 rings (SSSR count). The van der Waals surface area contributed by atoms with Gasteiger partial charge in [-0.05, 0) is 17.7 Å². The van der Waals surface area contributed by atoms with Crippen molar-refractivity contribution in [3.63, 3.8) is 0 Å². The fraction of sp³-hybridized carbons (Fsp3) is 0.133. The van der Waals surface area contributed by atoms with E-state index in [0.29, 0.717) is 17.6 Å². The van der Waals surface area contributed by atoms with Gasteiger partial charge in [-0.1, -0.05) is 30.4 Å². The van der Waals surface area contributed by atoms with Gasteiger partial charge >= 0.3 is 6.18 Å². The molecule has 0 radical (unpaired) electrons. The number of carbonyl (C=O) groups is 1. The number of benzene rings is 1. The van der Waals surface area contributed by atoms with E-state index < -0.39 is 17.2 Å². The van der Waals surface area contributed by atoms with Crippen LogP contribution in [0.2, 0.25) is 0 Å². The molecule has 1 aromatic carbocycles. The highest BCUT2D eigenvalue weighted by Gasteiger charge is 2.45. The Labute approximate surface area is 118 Å². The molecule has 0 saturated carbocycles. The Morgan fingerprint density at radius 1 is 1.19 bits per heavy atom. The first-order chi connectivity index (χ1) is 9.99. The van der Waals surface area contributed by atoms with Gasteiger partial charge in [0.1, 0.15) is 6.29 Å². The van der Waals surface area contributed by atoms with Crippen molar-refractivity contribution in [2.45, 2.75) is 11.6 Å². The summed E-state index contributed by atoms with van der Waals surface area (Å²) in [5.41, 5.74) is 4.24. The summed E-state index contributed by atoms with van der Waals surface area (Å²) < 4.78 is 39.7. The molecule has 0 amide bonds. The molecule has 1 heterocycles. The molecule has 1 atom stereocenters. The van der Waals surface area contributed by atoms with Crippen LogP contribution < -0.4 is 10.9 Å². The molecule has 0 bridgehead atoms. The smallest absolute Gasteiger partial charge is 0.308 e. The molecule has 1 aliphatic heterocycles. The summed E-state index contributed by atoms with van der Waals surface area (Å²) in [6.07, 6.45) is 2.28. The maximum Gasteiger partial charge on any atom is 0.416 e. The molecule has 2 aliphatic rings. The molecule has 21 heavy (non-hydrogen) atoms. The van der Waals surface area contributed by atoms with E-state index in [4.69, 9.17) is 0 Å². The van der Waals surface area contributed by atoms with Gasteiger partial charge in [0, 0.05) is 11.8 Å². The van der Waals surface area contributed by atoms with Gasteiger partial charge in [0.05, 0.1) is 16.7 Å². The van der Waals surface area contributed by atoms with Gasteiger partial charge in [-0.25, -0.2) is 0 Å². The number of alkyl halides is 3. The Balaban J connectivity index is 2.25. The monoisotopic (exact) mass is 292 g/mol. The Hall–Kier alpha value is -2.50. The van der Waals surface area contributed by atoms with Crippen LogP contribution >= 0.6 is 0 Å². The van der Waals surface area contributed by atoms with E-state index in [-0.39, 0.29) is 5.56 Å². The third-order valence-electron chi connectivity index (χ3n) is 3.65. The van der Waals surface area contributed by atoms with E-state index in [1.54, 1.807) is 12.2 Å². The Kier molecular flexibility index (Phi) is 2.90. The van der Waals surface area contributed by atoms with E-state index in [1.165, 1.54) is 30.5 Å². The maximum absolute atomic E-state index is 13.2. The number of aldehydes is 1. The van der Waals surface area contributed by atoms with Crippen molar-refractivity contribution in [1.29, 1.82) is 0 Å². The molecule has 0 aromatic heterocycles. The zero-order chi connectivity index (χ0) is 15.1. The van der Waals surface area contributed by atoms with Crippen LogP contribution in [0.15, 0.2) is 60.0 Å². The summed E-state index contributed by atoms with van der Waals surface area (Å²) in [6.45, 7) is 0. The number of hydrazine groups is 1. The highest BCUT2D eigenvalue weighted by atomic mass is 19.4. The first-order valence-corrected chi connectivity index (χ1v) is 6.24. The molecule has 0 fully saturated rings. The molecule has 108 valence electrons. The lowest BCUT2D eigenvalue weighted by Gasteiger charge is -2.31. The molecule has 1 aliphatic carbocycles. The Morgan fingerprint density at radius 3 is 2.67 bits per heavy atom. The summed E-state index contributed by atoms with van der Waals surface area (Å²) in [7, 11) is 0. The predicted molar refractivity (Wildman–Crippen MR) is 70.8 cm³/mol. The fourth-order valence-electron chi connectivity index (χ4n) is 2.68. The lowest BCUT2D eigenvalue weighted by Crippen LogP contribution is -2.34. The number of halogens is 3. The zero-order valence-electron chi connectivity index (χ0n) is 10.7. The van der Waals surface area contributed by atoms with Crippen molar-refractivity contribution < 1.29 is 18.0 Å². The van der Waals surface area contributed by atoms with Gasteiger partial charge in [0.2, 0.25) is 0 Å². The standard InChI is InChI=1S/C15H11F3N2O/c16-15(17,18)11-5-2-1-4-10(11)14(9-21)7-3-6-13-12(14)8-19-20-13/h1-9,19-20H. The second-order valence-corrected chi connectivity index (χ2v) is 4.80. The van der Waals surface area contributed by atoms with Crippen molar-refractivity contribution in [2.24, 2.45) is 0 Å². The Morgan fingerprint density at radius 2 is 1.95 bits per heavy atom. The second kappa shape index (κ2) is 4.51. The van der Waals surface area contributed by atoms with E-state index in [2.05, 4.69) is 10.9 Å². The number of nitrogens with one attached hydrogen (secondary N) is 2. The van der Waals surface area contributed by atoms with Crippen molar-refractivity contribution in [2.75, 3.05) is 0 Å². The van der Waals surface area contributed by atoms with Gasteiger partial charge in [-0.15, -0.1) is 0 Å². The predicted octanol–water partition coefficient (Wildman–Crippen LogP) is 2.59. The van der Waals surface area contributed by atoms with Gasteiger partial charge in [-0.3, -0.25) is 0 Å². The van der Waals surface area contributed by atoms with Gasteiger partial charge in [0.15, 0.2) is 0 Å². The van der Waals surface area contributed by atoms with Gasteiger partial charge in [0.25, 0.3) is 0 Å². The molecule has 6 heteroatoms. The normalized spacial score (nSPS) is 23.6. The molecule has 1 aromatic rings. The van der Waals surface area contributed by atoms with E-state index in [1.807, 2.05) is 0 Å². The maximum atomic E-state index is 13.2. The number of fused-ring (bicyclic) bond motifs is 1. The summed E-state index contributed by atoms with van der Waals surface area (Å²) >= 11 is 0. The quantitative estimate of drug-likeness (QED) is 0.823. The van der Waals surface area contributed by atoms with Crippen LogP contribution in [0, 0.1) is 0 Å². The molecular weight excluding hydrogens is 281 g/mol. The first-order valence-electron chi connectivity index (χ1n) is 6.24. The minimum atomic E-state index is -4.53. The van der Waals surface area contributed by atoms with E-state index in [9.17, 15) is 18.0 Å². The summed E-state index contributed by atoms with van der Waals surface area (Å²) in [5, 5.41) is 0. The Bertz CT molecular complexity index is 688. The third kappa shape index (κ3) is 1.94. The molecule has 1 unspecified atom stereocenters. The van der Waals surface area contributed by atoms with Gasteiger partial charge in [-0.2, -0.15) is 13.2 Å². The molecule has 0 saturated heterocycles. The average Bonchev–Trinajstić information content (AvgIpc) is 2.95. The SMILES string of the molecule is O=CC1(c2ccccc2C(F)(F)F)C=CC=C2NNC=C21. The number of hydrogen-bond donors (Lipinski definition) is 2. The number of rotatable bonds is 2. The molecule has 0 spiro atoms. The lowest BCUT2D eigenvalue weighted by molar-refractivity contribution is -0.138. The molecule has 3 nitrogen and oxygen atoms in total. The highest BCUT2D eigenvalue weighted by molar-refractivity contribution is 5.83. The fourth-order valence-corrected chi connectivity index (χ4v) is 2.68. The number of carbonyl (C=O) groups excluding carboxylic acids is 1. The minimum absolute atomic E-state index is 0.0777. The van der Waals surface area contributed by atoms with Crippen molar-refractivity contribution >= 4 is 6.29 Å².